The van der Waals surface area contributed by atoms with Crippen LogP contribution >= 0.6 is 0 Å². The molecule has 1 aliphatic heterocycles. The van der Waals surface area contributed by atoms with Gasteiger partial charge < -0.3 is 14.5 Å². The van der Waals surface area contributed by atoms with Crippen LogP contribution in [-0.2, 0) is 16.0 Å². The molecule has 4 rings (SSSR count). The molecule has 1 aliphatic rings. The van der Waals surface area contributed by atoms with E-state index in [1.807, 2.05) is 18.2 Å². The van der Waals surface area contributed by atoms with Gasteiger partial charge in [-0.2, -0.15) is 5.10 Å². The van der Waals surface area contributed by atoms with E-state index < -0.39 is 5.60 Å². The van der Waals surface area contributed by atoms with Crippen molar-refractivity contribution in [2.45, 2.75) is 18.9 Å². The van der Waals surface area contributed by atoms with E-state index in [9.17, 15) is 9.59 Å². The number of aryl methyl sites for hydroxylation is 1. The minimum atomic E-state index is -1.16. The molecular formula is C24H27N5O3. The number of nitrogens with zero attached hydrogens (tertiary/aromatic N) is 4. The number of benzene rings is 2. The van der Waals surface area contributed by atoms with Crippen LogP contribution in [0.3, 0.4) is 0 Å². The molecule has 2 amide bonds. The second kappa shape index (κ2) is 8.92. The van der Waals surface area contributed by atoms with Crippen LogP contribution in [0.2, 0.25) is 0 Å². The summed E-state index contributed by atoms with van der Waals surface area (Å²) >= 11 is 0. The van der Waals surface area contributed by atoms with Gasteiger partial charge in [-0.1, -0.05) is 54.1 Å². The Kier molecular flexibility index (Phi) is 6.05. The standard InChI is InChI=1S/C24H27N5O3/c1-17-5-4-6-20(13-17)19-9-7-18(8-10-19)14-24(23(31)28(2)3)15-29(11-12-32-24)22(30)21-25-16-26-27-21/h4-10,13,16H,11-12,14-15H2,1-3H3,(H,25,26,27). The fourth-order valence-electron chi connectivity index (χ4n) is 4.10. The molecule has 0 spiro atoms. The second-order valence-corrected chi connectivity index (χ2v) is 8.35. The molecule has 32 heavy (non-hydrogen) atoms. The van der Waals surface area contributed by atoms with E-state index >= 15 is 0 Å². The number of likely N-dealkylation sites (N-methyl/N-ethyl adjacent to an activating group) is 1. The number of rotatable bonds is 5. The third-order valence-electron chi connectivity index (χ3n) is 5.68. The van der Waals surface area contributed by atoms with Gasteiger partial charge in [0.1, 0.15) is 6.33 Å². The molecule has 2 aromatic carbocycles. The zero-order valence-corrected chi connectivity index (χ0v) is 18.5. The lowest BCUT2D eigenvalue weighted by Gasteiger charge is -2.42. The molecule has 8 heteroatoms. The molecule has 2 heterocycles. The zero-order chi connectivity index (χ0) is 22.7. The summed E-state index contributed by atoms with van der Waals surface area (Å²) in [7, 11) is 3.40. The Morgan fingerprint density at radius 3 is 2.59 bits per heavy atom. The molecule has 166 valence electrons. The van der Waals surface area contributed by atoms with Crippen molar-refractivity contribution in [1.29, 1.82) is 0 Å². The minimum absolute atomic E-state index is 0.142. The molecule has 0 bridgehead atoms. The number of morpholine rings is 1. The number of aromatic amines is 1. The van der Waals surface area contributed by atoms with E-state index in [-0.39, 0.29) is 30.8 Å². The largest absolute Gasteiger partial charge is 0.361 e. The number of nitrogens with one attached hydrogen (secondary N) is 1. The average molecular weight is 434 g/mol. The summed E-state index contributed by atoms with van der Waals surface area (Å²) in [5.41, 5.74) is 3.26. The number of amides is 2. The van der Waals surface area contributed by atoms with Gasteiger partial charge >= 0.3 is 0 Å². The van der Waals surface area contributed by atoms with Crippen molar-refractivity contribution >= 4 is 11.8 Å². The van der Waals surface area contributed by atoms with Gasteiger partial charge in [-0.15, -0.1) is 0 Å². The van der Waals surface area contributed by atoms with E-state index in [4.69, 9.17) is 4.74 Å². The number of hydrogen-bond acceptors (Lipinski definition) is 5. The van der Waals surface area contributed by atoms with Crippen molar-refractivity contribution < 1.29 is 14.3 Å². The Balaban J connectivity index is 1.59. The summed E-state index contributed by atoms with van der Waals surface area (Å²) in [5.74, 6) is -0.313. The first-order chi connectivity index (χ1) is 15.4. The maximum Gasteiger partial charge on any atom is 0.291 e. The topological polar surface area (TPSA) is 91.4 Å². The van der Waals surface area contributed by atoms with Crippen molar-refractivity contribution in [3.05, 3.63) is 71.8 Å². The summed E-state index contributed by atoms with van der Waals surface area (Å²) in [6, 6.07) is 16.5. The Labute approximate surface area is 187 Å². The molecule has 0 radical (unpaired) electrons. The Hall–Kier alpha value is -3.52. The van der Waals surface area contributed by atoms with Crippen LogP contribution in [0.4, 0.5) is 0 Å². The zero-order valence-electron chi connectivity index (χ0n) is 18.5. The molecular weight excluding hydrogens is 406 g/mol. The van der Waals surface area contributed by atoms with Gasteiger partial charge in [-0.25, -0.2) is 4.98 Å². The quantitative estimate of drug-likeness (QED) is 0.667. The number of carbonyl (C=O) groups is 2. The smallest absolute Gasteiger partial charge is 0.291 e. The maximum absolute atomic E-state index is 13.2. The number of hydrogen-bond donors (Lipinski definition) is 1. The number of aromatic nitrogens is 3. The van der Waals surface area contributed by atoms with E-state index in [2.05, 4.69) is 52.4 Å². The van der Waals surface area contributed by atoms with Gasteiger partial charge in [-0.05, 0) is 23.6 Å². The van der Waals surface area contributed by atoms with Gasteiger partial charge in [0.25, 0.3) is 11.8 Å². The van der Waals surface area contributed by atoms with Crippen LogP contribution in [0.25, 0.3) is 11.1 Å². The van der Waals surface area contributed by atoms with E-state index in [1.165, 1.54) is 16.8 Å². The SMILES string of the molecule is Cc1cccc(-c2ccc(CC3(C(=O)N(C)C)CN(C(=O)c4ncn[nH]4)CCO3)cc2)c1. The highest BCUT2D eigenvalue weighted by Crippen LogP contribution is 2.28. The van der Waals surface area contributed by atoms with Crippen molar-refractivity contribution in [1.82, 2.24) is 25.0 Å². The molecule has 1 N–H and O–H groups in total. The van der Waals surface area contributed by atoms with Crippen LogP contribution in [0.1, 0.15) is 21.7 Å². The second-order valence-electron chi connectivity index (χ2n) is 8.35. The van der Waals surface area contributed by atoms with E-state index in [0.717, 1.165) is 16.7 Å². The lowest BCUT2D eigenvalue weighted by atomic mass is 9.90. The highest BCUT2D eigenvalue weighted by atomic mass is 16.5. The van der Waals surface area contributed by atoms with Gasteiger partial charge in [0.05, 0.1) is 13.2 Å². The monoisotopic (exact) mass is 433 g/mol. The Morgan fingerprint density at radius 1 is 1.16 bits per heavy atom. The van der Waals surface area contributed by atoms with Crippen LogP contribution in [-0.4, -0.2) is 76.2 Å². The Morgan fingerprint density at radius 2 is 1.94 bits per heavy atom. The van der Waals surface area contributed by atoms with Gasteiger partial charge in [-0.3, -0.25) is 14.7 Å². The van der Waals surface area contributed by atoms with Crippen molar-refractivity contribution in [2.24, 2.45) is 0 Å². The van der Waals surface area contributed by atoms with Gasteiger partial charge in [0.2, 0.25) is 5.82 Å². The predicted octanol–water partition coefficient (Wildman–Crippen LogP) is 2.32. The highest BCUT2D eigenvalue weighted by Gasteiger charge is 2.46. The fraction of sp³-hybridized carbons (Fsp3) is 0.333. The van der Waals surface area contributed by atoms with Gasteiger partial charge in [0, 0.05) is 27.1 Å². The number of H-pyrrole nitrogens is 1. The summed E-state index contributed by atoms with van der Waals surface area (Å²) in [4.78, 5) is 33.1. The molecule has 0 aliphatic carbocycles. The van der Waals surface area contributed by atoms with E-state index in [0.29, 0.717) is 13.0 Å². The van der Waals surface area contributed by atoms with Gasteiger partial charge in [0.15, 0.2) is 5.60 Å². The number of carbonyl (C=O) groups excluding carboxylic acids is 2. The summed E-state index contributed by atoms with van der Waals surface area (Å²) in [6.07, 6.45) is 1.65. The van der Waals surface area contributed by atoms with Crippen molar-refractivity contribution in [3.63, 3.8) is 0 Å². The fourth-order valence-corrected chi connectivity index (χ4v) is 4.10. The maximum atomic E-state index is 13.2. The summed E-state index contributed by atoms with van der Waals surface area (Å²) < 4.78 is 6.09. The molecule has 1 aromatic heterocycles. The predicted molar refractivity (Wildman–Crippen MR) is 120 cm³/mol. The normalized spacial score (nSPS) is 18.4. The van der Waals surface area contributed by atoms with Crippen LogP contribution in [0.5, 0.6) is 0 Å². The first-order valence-corrected chi connectivity index (χ1v) is 10.5. The molecule has 0 saturated carbocycles. The molecule has 1 unspecified atom stereocenters. The van der Waals surface area contributed by atoms with Crippen LogP contribution in [0.15, 0.2) is 54.9 Å². The first-order valence-electron chi connectivity index (χ1n) is 10.5. The number of ether oxygens (including phenoxy) is 1. The highest BCUT2D eigenvalue weighted by molar-refractivity contribution is 5.92. The summed E-state index contributed by atoms with van der Waals surface area (Å²) in [5, 5.41) is 6.35. The van der Waals surface area contributed by atoms with Crippen LogP contribution < -0.4 is 0 Å². The molecule has 1 atom stereocenters. The average Bonchev–Trinajstić information content (AvgIpc) is 3.33. The molecule has 3 aromatic rings. The third kappa shape index (κ3) is 4.40. The summed E-state index contributed by atoms with van der Waals surface area (Å²) in [6.45, 7) is 2.86. The molecule has 8 nitrogen and oxygen atoms in total. The van der Waals surface area contributed by atoms with Crippen molar-refractivity contribution in [2.75, 3.05) is 33.8 Å². The van der Waals surface area contributed by atoms with Crippen LogP contribution in [0, 0.1) is 6.92 Å². The van der Waals surface area contributed by atoms with E-state index in [1.54, 1.807) is 19.0 Å². The lowest BCUT2D eigenvalue weighted by Crippen LogP contribution is -2.61. The molecule has 1 saturated heterocycles. The minimum Gasteiger partial charge on any atom is -0.361 e. The van der Waals surface area contributed by atoms with Crippen molar-refractivity contribution in [3.8, 4) is 11.1 Å². The third-order valence-corrected chi connectivity index (χ3v) is 5.68. The first kappa shape index (κ1) is 21.7. The Bertz CT molecular complexity index is 1100. The molecule has 1 fully saturated rings. The lowest BCUT2D eigenvalue weighted by molar-refractivity contribution is -0.165.